The van der Waals surface area contributed by atoms with Crippen LogP contribution >= 0.6 is 0 Å². The summed E-state index contributed by atoms with van der Waals surface area (Å²) in [6.07, 6.45) is 9.35. The molecule has 2 aromatic heterocycles. The van der Waals surface area contributed by atoms with Crippen molar-refractivity contribution in [2.24, 2.45) is 11.8 Å². The molecule has 2 aromatic rings. The number of fused-ring (bicyclic) bond motifs is 3. The lowest BCUT2D eigenvalue weighted by Gasteiger charge is -2.51. The molecule has 3 saturated heterocycles. The molecule has 1 saturated carbocycles. The fraction of sp³-hybridized carbons (Fsp3) is 0.609. The molecule has 1 unspecified atom stereocenters. The van der Waals surface area contributed by atoms with Gasteiger partial charge in [0, 0.05) is 36.3 Å². The Morgan fingerprint density at radius 3 is 2.62 bits per heavy atom. The number of nitrogens with one attached hydrogen (secondary N) is 1. The average molecular weight is 445 g/mol. The smallest absolute Gasteiger partial charge is 0.343 e. The molecule has 1 amide bonds. The van der Waals surface area contributed by atoms with Crippen molar-refractivity contribution in [3.05, 3.63) is 36.5 Å². The van der Waals surface area contributed by atoms with Gasteiger partial charge in [-0.2, -0.15) is 0 Å². The minimum Gasteiger partial charge on any atom is -0.472 e. The maximum Gasteiger partial charge on any atom is 0.343 e. The first-order valence-electron chi connectivity index (χ1n) is 11.5. The van der Waals surface area contributed by atoms with Gasteiger partial charge in [-0.3, -0.25) is 4.79 Å². The summed E-state index contributed by atoms with van der Waals surface area (Å²) in [5.41, 5.74) is -1.23. The first-order valence-corrected chi connectivity index (χ1v) is 11.5. The number of nitrogens with zero attached hydrogens (tertiary/aromatic N) is 2. The summed E-state index contributed by atoms with van der Waals surface area (Å²) in [4.78, 5) is 26.0. The second kappa shape index (κ2) is 8.37. The van der Waals surface area contributed by atoms with Crippen LogP contribution in [-0.4, -0.2) is 58.9 Å². The van der Waals surface area contributed by atoms with Gasteiger partial charge >= 0.3 is 5.97 Å². The Morgan fingerprint density at radius 2 is 1.97 bits per heavy atom. The molecule has 4 fully saturated rings. The maximum absolute atomic E-state index is 13.4. The number of anilines is 1. The Bertz CT molecular complexity index is 929. The summed E-state index contributed by atoms with van der Waals surface area (Å²) >= 11 is 0. The molecule has 6 rings (SSSR count). The van der Waals surface area contributed by atoms with Crippen molar-refractivity contribution >= 4 is 17.7 Å². The Hall–Kier alpha value is -2.65. The summed E-state index contributed by atoms with van der Waals surface area (Å²) < 4.78 is 16.6. The zero-order valence-electron chi connectivity index (χ0n) is 18.1. The van der Waals surface area contributed by atoms with Gasteiger partial charge in [0.25, 0.3) is 5.91 Å². The number of amides is 1. The summed E-state index contributed by atoms with van der Waals surface area (Å²) in [7, 11) is 0. The maximum atomic E-state index is 13.4. The molecule has 4 aliphatic rings. The number of aromatic nitrogens is 1. The number of esters is 1. The van der Waals surface area contributed by atoms with Gasteiger partial charge in [-0.05, 0) is 18.9 Å². The Kier molecular flexibility index (Phi) is 5.54. The highest BCUT2D eigenvalue weighted by Crippen LogP contribution is 2.43. The average Bonchev–Trinajstić information content (AvgIpc) is 3.57. The van der Waals surface area contributed by atoms with Crippen LogP contribution in [0.1, 0.15) is 44.1 Å². The van der Waals surface area contributed by atoms with Crippen LogP contribution in [0.2, 0.25) is 0 Å². The van der Waals surface area contributed by atoms with Crippen LogP contribution in [0.3, 0.4) is 0 Å². The predicted molar refractivity (Wildman–Crippen MR) is 112 cm³/mol. The first kappa shape index (κ1) is 21.2. The highest BCUT2D eigenvalue weighted by atomic mass is 16.6. The van der Waals surface area contributed by atoms with Crippen LogP contribution in [0.15, 0.2) is 39.9 Å². The normalized spacial score (nSPS) is 29.5. The summed E-state index contributed by atoms with van der Waals surface area (Å²) in [5.74, 6) is -0.246. The molecule has 2 N–H and O–H groups in total. The molecule has 0 spiro atoms. The van der Waals surface area contributed by atoms with Gasteiger partial charge in [0.05, 0.1) is 25.6 Å². The minimum atomic E-state index is -1.69. The first-order chi connectivity index (χ1) is 15.5. The zero-order chi connectivity index (χ0) is 22.2. The molecule has 0 radical (unpaired) electrons. The molecule has 5 heterocycles. The van der Waals surface area contributed by atoms with Crippen LogP contribution in [0.25, 0.3) is 0 Å². The van der Waals surface area contributed by atoms with E-state index >= 15 is 0 Å². The topological polar surface area (TPSA) is 115 Å². The second-order valence-corrected chi connectivity index (χ2v) is 9.60. The van der Waals surface area contributed by atoms with Crippen molar-refractivity contribution in [1.29, 1.82) is 0 Å². The van der Waals surface area contributed by atoms with Gasteiger partial charge in [-0.1, -0.05) is 18.0 Å². The number of quaternary nitrogens is 1. The fourth-order valence-electron chi connectivity index (χ4n) is 5.91. The molecule has 0 aromatic carbocycles. The van der Waals surface area contributed by atoms with Crippen molar-refractivity contribution in [3.8, 4) is 0 Å². The van der Waals surface area contributed by atoms with Gasteiger partial charge in [0.1, 0.15) is 12.8 Å². The Labute approximate surface area is 186 Å². The highest BCUT2D eigenvalue weighted by molar-refractivity contribution is 5.90. The van der Waals surface area contributed by atoms with Crippen molar-refractivity contribution in [1.82, 2.24) is 5.16 Å². The van der Waals surface area contributed by atoms with Gasteiger partial charge in [0.2, 0.25) is 0 Å². The van der Waals surface area contributed by atoms with E-state index in [0.717, 1.165) is 51.6 Å². The summed E-state index contributed by atoms with van der Waals surface area (Å²) in [5, 5.41) is 18.1. The van der Waals surface area contributed by atoms with E-state index in [9.17, 15) is 14.7 Å². The molecule has 32 heavy (non-hydrogen) atoms. The van der Waals surface area contributed by atoms with E-state index in [1.165, 1.54) is 18.8 Å². The van der Waals surface area contributed by atoms with Crippen molar-refractivity contribution in [2.75, 3.05) is 31.5 Å². The third kappa shape index (κ3) is 3.84. The van der Waals surface area contributed by atoms with Gasteiger partial charge in [-0.15, -0.1) is 0 Å². The van der Waals surface area contributed by atoms with E-state index in [1.54, 1.807) is 12.1 Å². The van der Waals surface area contributed by atoms with Gasteiger partial charge < -0.3 is 28.6 Å². The number of rotatable bonds is 7. The summed E-state index contributed by atoms with van der Waals surface area (Å²) in [6, 6.07) is 3.25. The highest BCUT2D eigenvalue weighted by Gasteiger charge is 2.53. The van der Waals surface area contributed by atoms with Crippen molar-refractivity contribution in [2.45, 2.75) is 50.2 Å². The molecular formula is C23H30N3O6+. The number of ether oxygens (including phenoxy) is 1. The zero-order valence-corrected chi connectivity index (χ0v) is 18.1. The number of carbonyl (C=O) groups excluding carboxylic acids is 2. The fourth-order valence-corrected chi connectivity index (χ4v) is 5.91. The lowest BCUT2D eigenvalue weighted by molar-refractivity contribution is -0.939. The van der Waals surface area contributed by atoms with Gasteiger partial charge in [-0.25, -0.2) is 4.79 Å². The lowest BCUT2D eigenvalue weighted by atomic mass is 9.80. The second-order valence-electron chi connectivity index (χ2n) is 9.60. The number of hydrogen-bond acceptors (Lipinski definition) is 7. The van der Waals surface area contributed by atoms with E-state index < -0.39 is 11.6 Å². The van der Waals surface area contributed by atoms with Crippen LogP contribution < -0.4 is 5.32 Å². The SMILES string of the molecule is O=C(C[N+]12CCC(CC1)[C@@H](OC(=O)C(O)(c1ccoc1)C1CCCC1)C2)Nc1ccon1. The third-order valence-corrected chi connectivity index (χ3v) is 7.70. The largest absolute Gasteiger partial charge is 0.472 e. The van der Waals surface area contributed by atoms with E-state index in [2.05, 4.69) is 10.5 Å². The Balaban J connectivity index is 1.29. The number of furan rings is 1. The standard InChI is InChI=1S/C23H29N3O6/c27-21(24-20-8-12-31-25-20)14-26-9-5-16(6-10-26)19(13-26)32-22(28)23(29,17-3-1-2-4-17)18-7-11-30-15-18/h7-8,11-12,15-17,19,29H,1-6,9-10,13-14H2/p+1/t16?,19-,23?,26?/m0/s1. The van der Waals surface area contributed by atoms with Gasteiger partial charge in [0.15, 0.2) is 24.1 Å². The number of aliphatic hydroxyl groups is 1. The number of hydrogen-bond donors (Lipinski definition) is 2. The monoisotopic (exact) mass is 444 g/mol. The molecular weight excluding hydrogens is 414 g/mol. The van der Waals surface area contributed by atoms with E-state index in [1.807, 2.05) is 0 Å². The van der Waals surface area contributed by atoms with Crippen molar-refractivity contribution in [3.63, 3.8) is 0 Å². The predicted octanol–water partition coefficient (Wildman–Crippen LogP) is 2.44. The quantitative estimate of drug-likeness (QED) is 0.498. The van der Waals surface area contributed by atoms with E-state index in [0.29, 0.717) is 29.0 Å². The van der Waals surface area contributed by atoms with E-state index in [4.69, 9.17) is 13.7 Å². The third-order valence-electron chi connectivity index (χ3n) is 7.70. The Morgan fingerprint density at radius 1 is 1.19 bits per heavy atom. The summed E-state index contributed by atoms with van der Waals surface area (Å²) in [6.45, 7) is 2.62. The minimum absolute atomic E-state index is 0.134. The number of carbonyl (C=O) groups is 2. The molecule has 9 nitrogen and oxygen atoms in total. The molecule has 3 aliphatic heterocycles. The van der Waals surface area contributed by atoms with Crippen LogP contribution in [0.4, 0.5) is 5.82 Å². The van der Waals surface area contributed by atoms with Crippen molar-refractivity contribution < 1.29 is 32.9 Å². The molecule has 1 aliphatic carbocycles. The van der Waals surface area contributed by atoms with Crippen LogP contribution in [0.5, 0.6) is 0 Å². The van der Waals surface area contributed by atoms with Crippen LogP contribution in [-0.2, 0) is 19.9 Å². The van der Waals surface area contributed by atoms with Crippen LogP contribution in [0, 0.1) is 11.8 Å². The van der Waals surface area contributed by atoms with E-state index in [-0.39, 0.29) is 23.8 Å². The molecule has 2 bridgehead atoms. The lowest BCUT2D eigenvalue weighted by Crippen LogP contribution is -2.66. The molecule has 9 heteroatoms. The molecule has 2 atom stereocenters. The molecule has 172 valence electrons. The number of piperidine rings is 3.